The monoisotopic (exact) mass is 355 g/mol. The summed E-state index contributed by atoms with van der Waals surface area (Å²) in [7, 11) is -0.746. The van der Waals surface area contributed by atoms with Crippen LogP contribution in [0.4, 0.5) is 0 Å². The van der Waals surface area contributed by atoms with E-state index in [1.807, 2.05) is 6.92 Å². The van der Waals surface area contributed by atoms with Crippen molar-refractivity contribution in [3.63, 3.8) is 0 Å². The van der Waals surface area contributed by atoms with Gasteiger partial charge in [-0.15, -0.1) is 0 Å². The van der Waals surface area contributed by atoms with Gasteiger partial charge in [-0.3, -0.25) is 0 Å². The number of hydrogen-bond acceptors (Lipinski definition) is 2. The zero-order valence-electron chi connectivity index (χ0n) is 16.3. The lowest BCUT2D eigenvalue weighted by Gasteiger charge is -2.45. The molecule has 2 rings (SSSR count). The summed E-state index contributed by atoms with van der Waals surface area (Å²) in [6.45, 7) is 11.1. The van der Waals surface area contributed by atoms with Gasteiger partial charge in [0.1, 0.15) is 0 Å². The fraction of sp³-hybridized carbons (Fsp3) is 0.409. The first-order valence-corrected chi connectivity index (χ1v) is 10.9. The summed E-state index contributed by atoms with van der Waals surface area (Å²) >= 11 is 0. The molecule has 0 unspecified atom stereocenters. The Kier molecular flexibility index (Phi) is 6.61. The van der Waals surface area contributed by atoms with Crippen LogP contribution in [0.1, 0.15) is 34.6 Å². The van der Waals surface area contributed by atoms with E-state index < -0.39 is 8.32 Å². The normalized spacial score (nSPS) is 15.0. The van der Waals surface area contributed by atoms with E-state index >= 15 is 0 Å². The van der Waals surface area contributed by atoms with Crippen molar-refractivity contribution < 1.29 is 9.16 Å². The molecule has 0 spiro atoms. The minimum atomic E-state index is -2.48. The van der Waals surface area contributed by atoms with Gasteiger partial charge in [-0.1, -0.05) is 81.4 Å². The zero-order valence-corrected chi connectivity index (χ0v) is 17.3. The fourth-order valence-corrected chi connectivity index (χ4v) is 8.12. The summed E-state index contributed by atoms with van der Waals surface area (Å²) in [4.78, 5) is 0. The van der Waals surface area contributed by atoms with Crippen LogP contribution < -0.4 is 10.4 Å². The minimum absolute atomic E-state index is 0.00116. The van der Waals surface area contributed by atoms with Gasteiger partial charge in [0.05, 0.1) is 6.10 Å². The van der Waals surface area contributed by atoms with E-state index in [9.17, 15) is 0 Å². The maximum absolute atomic E-state index is 6.95. The maximum atomic E-state index is 6.95. The molecule has 2 aromatic rings. The van der Waals surface area contributed by atoms with Gasteiger partial charge in [0, 0.05) is 19.6 Å². The standard InChI is InChI=1S/C22H31O2Si/c1-18(23-6)17-19(2)24-25(22(3,4)5,20-13-9-7-10-14-20)21-15-11-8-12-16-21/h7-19H,1-6H3/t18-,19+/m1/s1. The first kappa shape index (κ1) is 19.9. The van der Waals surface area contributed by atoms with Gasteiger partial charge in [0.25, 0.3) is 8.32 Å². The average Bonchev–Trinajstić information content (AvgIpc) is 2.60. The van der Waals surface area contributed by atoms with E-state index in [4.69, 9.17) is 9.16 Å². The lowest BCUT2D eigenvalue weighted by Crippen LogP contribution is -2.67. The molecule has 135 valence electrons. The van der Waals surface area contributed by atoms with Crippen LogP contribution in [0.5, 0.6) is 0 Å². The van der Waals surface area contributed by atoms with Gasteiger partial charge in [-0.25, -0.2) is 0 Å². The van der Waals surface area contributed by atoms with Crippen LogP contribution in [0.2, 0.25) is 5.04 Å². The molecule has 0 amide bonds. The van der Waals surface area contributed by atoms with E-state index in [1.54, 1.807) is 7.11 Å². The van der Waals surface area contributed by atoms with Gasteiger partial charge in [-0.2, -0.15) is 0 Å². The lowest BCUT2D eigenvalue weighted by molar-refractivity contribution is 0.114. The topological polar surface area (TPSA) is 18.5 Å². The van der Waals surface area contributed by atoms with Crippen molar-refractivity contribution in [1.82, 2.24) is 0 Å². The van der Waals surface area contributed by atoms with Crippen molar-refractivity contribution >= 4 is 18.7 Å². The molecule has 25 heavy (non-hydrogen) atoms. The Bertz CT molecular complexity index is 595. The van der Waals surface area contributed by atoms with Gasteiger partial charge in [0.15, 0.2) is 0 Å². The summed E-state index contributed by atoms with van der Waals surface area (Å²) in [5.74, 6) is 0. The molecular formula is C22H31O2Si. The van der Waals surface area contributed by atoms with Gasteiger partial charge >= 0.3 is 0 Å². The average molecular weight is 356 g/mol. The highest BCUT2D eigenvalue weighted by Crippen LogP contribution is 2.37. The van der Waals surface area contributed by atoms with Crippen molar-refractivity contribution in [1.29, 1.82) is 0 Å². The van der Waals surface area contributed by atoms with Crippen molar-refractivity contribution in [2.45, 2.75) is 51.9 Å². The highest BCUT2D eigenvalue weighted by Gasteiger charge is 2.51. The summed E-state index contributed by atoms with van der Waals surface area (Å²) in [6, 6.07) is 21.5. The molecule has 0 aliphatic carbocycles. The van der Waals surface area contributed by atoms with E-state index in [0.29, 0.717) is 0 Å². The first-order valence-electron chi connectivity index (χ1n) is 8.98. The Morgan fingerprint density at radius 3 is 1.60 bits per heavy atom. The second kappa shape index (κ2) is 8.30. The number of methoxy groups -OCH3 is 1. The Hall–Kier alpha value is -1.42. The number of rotatable bonds is 7. The third kappa shape index (κ3) is 4.41. The fourth-order valence-electron chi connectivity index (χ4n) is 3.47. The van der Waals surface area contributed by atoms with Crippen molar-refractivity contribution in [3.05, 3.63) is 67.1 Å². The highest BCUT2D eigenvalue weighted by atomic mass is 28.4. The molecule has 0 aromatic heterocycles. The quantitative estimate of drug-likeness (QED) is 0.693. The molecule has 2 nitrogen and oxygen atoms in total. The third-order valence-corrected chi connectivity index (χ3v) is 9.82. The molecule has 0 aliphatic heterocycles. The molecule has 2 aromatic carbocycles. The molecule has 0 bridgehead atoms. The molecule has 0 heterocycles. The van der Waals surface area contributed by atoms with Crippen LogP contribution >= 0.6 is 0 Å². The van der Waals surface area contributed by atoms with Crippen LogP contribution in [0, 0.1) is 6.42 Å². The van der Waals surface area contributed by atoms with Crippen LogP contribution in [-0.2, 0) is 9.16 Å². The van der Waals surface area contributed by atoms with Crippen LogP contribution in [0.25, 0.3) is 0 Å². The molecule has 0 saturated carbocycles. The molecule has 3 heteroatoms. The van der Waals surface area contributed by atoms with Crippen molar-refractivity contribution in [2.24, 2.45) is 0 Å². The number of hydrogen-bond donors (Lipinski definition) is 0. The largest absolute Gasteiger partial charge is 0.404 e. The molecule has 2 atom stereocenters. The molecule has 0 N–H and O–H groups in total. The second-order valence-corrected chi connectivity index (χ2v) is 11.9. The van der Waals surface area contributed by atoms with Crippen LogP contribution in [0.15, 0.2) is 60.7 Å². The highest BCUT2D eigenvalue weighted by molar-refractivity contribution is 6.99. The lowest BCUT2D eigenvalue weighted by atomic mass is 10.2. The molecule has 0 aliphatic rings. The second-order valence-electron chi connectivity index (χ2n) is 7.62. The Morgan fingerprint density at radius 1 is 0.800 bits per heavy atom. The summed E-state index contributed by atoms with van der Waals surface area (Å²) in [5.41, 5.74) is 0. The molecule has 0 saturated heterocycles. The van der Waals surface area contributed by atoms with Crippen molar-refractivity contribution in [2.75, 3.05) is 7.11 Å². The zero-order chi connectivity index (χ0) is 18.5. The van der Waals surface area contributed by atoms with E-state index in [-0.39, 0.29) is 17.2 Å². The minimum Gasteiger partial charge on any atom is -0.404 e. The predicted octanol–water partition coefficient (Wildman–Crippen LogP) is 4.19. The maximum Gasteiger partial charge on any atom is 0.261 e. The van der Waals surface area contributed by atoms with Gasteiger partial charge in [-0.05, 0) is 29.3 Å². The van der Waals surface area contributed by atoms with Gasteiger partial charge < -0.3 is 9.16 Å². The Morgan fingerprint density at radius 2 is 1.24 bits per heavy atom. The SMILES string of the molecule is CO[C@H](C)[CH][C@H](C)O[Si](c1ccccc1)(c1ccccc1)C(C)(C)C. The third-order valence-electron chi connectivity index (χ3n) is 4.69. The van der Waals surface area contributed by atoms with Crippen molar-refractivity contribution in [3.8, 4) is 0 Å². The first-order chi connectivity index (χ1) is 11.8. The van der Waals surface area contributed by atoms with E-state index in [1.165, 1.54) is 10.4 Å². The Labute approximate surface area is 154 Å². The molecule has 0 fully saturated rings. The molecule has 1 radical (unpaired) electrons. The van der Waals surface area contributed by atoms with E-state index in [0.717, 1.165) is 0 Å². The predicted molar refractivity (Wildman–Crippen MR) is 109 cm³/mol. The smallest absolute Gasteiger partial charge is 0.261 e. The Balaban J connectivity index is 2.57. The van der Waals surface area contributed by atoms with Crippen LogP contribution in [-0.4, -0.2) is 27.6 Å². The number of ether oxygens (including phenoxy) is 1. The van der Waals surface area contributed by atoms with Gasteiger partial charge in [0.2, 0.25) is 0 Å². The molecular weight excluding hydrogens is 324 g/mol. The van der Waals surface area contributed by atoms with Crippen LogP contribution in [0.3, 0.4) is 0 Å². The number of benzene rings is 2. The summed E-state index contributed by atoms with van der Waals surface area (Å²) < 4.78 is 12.4. The summed E-state index contributed by atoms with van der Waals surface area (Å²) in [6.07, 6.45) is 2.20. The summed E-state index contributed by atoms with van der Waals surface area (Å²) in [5, 5.41) is 2.60. The van der Waals surface area contributed by atoms with E-state index in [2.05, 4.69) is 94.8 Å².